The van der Waals surface area contributed by atoms with Crippen LogP contribution >= 0.6 is 7.37 Å². The summed E-state index contributed by atoms with van der Waals surface area (Å²) in [6.45, 7) is 7.93. The van der Waals surface area contributed by atoms with E-state index in [1.807, 2.05) is 32.0 Å². The van der Waals surface area contributed by atoms with Crippen LogP contribution in [0.15, 0.2) is 42.2 Å². The predicted molar refractivity (Wildman–Crippen MR) is 70.9 cm³/mol. The van der Waals surface area contributed by atoms with Gasteiger partial charge >= 0.3 is 0 Å². The summed E-state index contributed by atoms with van der Waals surface area (Å²) in [6.07, 6.45) is 0.0767. The fourth-order valence-corrected chi connectivity index (χ4v) is 3.03. The lowest BCUT2D eigenvalue weighted by molar-refractivity contribution is 0.0998. The number of hydrogen-bond acceptors (Lipinski definition) is 3. The van der Waals surface area contributed by atoms with E-state index in [2.05, 4.69) is 6.58 Å². The molecule has 0 N–H and O–H groups in total. The summed E-state index contributed by atoms with van der Waals surface area (Å²) in [5, 5.41) is 1.14. The van der Waals surface area contributed by atoms with Crippen molar-refractivity contribution in [2.75, 3.05) is 13.7 Å². The van der Waals surface area contributed by atoms with Gasteiger partial charge in [0, 0.05) is 17.7 Å². The first-order valence-corrected chi connectivity index (χ1v) is 7.14. The number of ether oxygens (including phenoxy) is 1. The zero-order valence-electron chi connectivity index (χ0n) is 10.6. The smallest absolute Gasteiger partial charge is 0.258 e. The molecule has 94 valence electrons. The summed E-state index contributed by atoms with van der Waals surface area (Å²) in [5.74, 6) is 0. The van der Waals surface area contributed by atoms with Gasteiger partial charge < -0.3 is 9.26 Å². The fourth-order valence-electron chi connectivity index (χ4n) is 1.39. The molecule has 1 unspecified atom stereocenters. The van der Waals surface area contributed by atoms with Crippen LogP contribution in [-0.2, 0) is 13.8 Å². The van der Waals surface area contributed by atoms with Crippen LogP contribution in [-0.4, -0.2) is 19.8 Å². The highest BCUT2D eigenvalue weighted by molar-refractivity contribution is 7.71. The van der Waals surface area contributed by atoms with Crippen LogP contribution in [0.25, 0.3) is 0 Å². The zero-order valence-corrected chi connectivity index (χ0v) is 11.4. The SMILES string of the molecule is C=C(COC(C)C)P(=O)(OC)c1ccccc1. The van der Waals surface area contributed by atoms with E-state index in [0.29, 0.717) is 10.6 Å². The molecule has 1 aromatic rings. The van der Waals surface area contributed by atoms with E-state index in [1.54, 1.807) is 12.1 Å². The third kappa shape index (κ3) is 3.53. The maximum atomic E-state index is 12.7. The van der Waals surface area contributed by atoms with Gasteiger partial charge in [-0.2, -0.15) is 0 Å². The molecule has 0 aliphatic rings. The van der Waals surface area contributed by atoms with Gasteiger partial charge in [0.2, 0.25) is 0 Å². The molecular formula is C13H19O3P. The van der Waals surface area contributed by atoms with Crippen molar-refractivity contribution in [2.45, 2.75) is 20.0 Å². The second kappa shape index (κ2) is 6.15. The van der Waals surface area contributed by atoms with Crippen molar-refractivity contribution in [3.05, 3.63) is 42.2 Å². The van der Waals surface area contributed by atoms with Gasteiger partial charge in [0.05, 0.1) is 12.7 Å². The third-order valence-electron chi connectivity index (χ3n) is 2.35. The minimum Gasteiger partial charge on any atom is -0.374 e. The lowest BCUT2D eigenvalue weighted by atomic mass is 10.4. The highest BCUT2D eigenvalue weighted by atomic mass is 31.2. The minimum absolute atomic E-state index is 0.0767. The van der Waals surface area contributed by atoms with E-state index in [9.17, 15) is 4.57 Å². The quantitative estimate of drug-likeness (QED) is 0.731. The molecule has 0 radical (unpaired) electrons. The molecule has 0 aromatic heterocycles. The molecule has 1 aromatic carbocycles. The van der Waals surface area contributed by atoms with E-state index in [-0.39, 0.29) is 12.7 Å². The van der Waals surface area contributed by atoms with Gasteiger partial charge in [-0.3, -0.25) is 4.57 Å². The van der Waals surface area contributed by atoms with Gasteiger partial charge in [-0.15, -0.1) is 0 Å². The first-order valence-electron chi connectivity index (χ1n) is 5.52. The Kier molecular flexibility index (Phi) is 5.13. The van der Waals surface area contributed by atoms with Crippen LogP contribution in [0.2, 0.25) is 0 Å². The van der Waals surface area contributed by atoms with E-state index >= 15 is 0 Å². The molecule has 0 fully saturated rings. The molecule has 0 bridgehead atoms. The van der Waals surface area contributed by atoms with Crippen molar-refractivity contribution in [3.8, 4) is 0 Å². The molecular weight excluding hydrogens is 235 g/mol. The largest absolute Gasteiger partial charge is 0.374 e. The van der Waals surface area contributed by atoms with Gasteiger partial charge in [0.15, 0.2) is 0 Å². The topological polar surface area (TPSA) is 35.5 Å². The summed E-state index contributed by atoms with van der Waals surface area (Å²) in [7, 11) is -1.58. The molecule has 1 rings (SSSR count). The molecule has 0 amide bonds. The average Bonchev–Trinajstić information content (AvgIpc) is 2.35. The van der Waals surface area contributed by atoms with Crippen molar-refractivity contribution in [3.63, 3.8) is 0 Å². The Labute approximate surface area is 103 Å². The second-order valence-electron chi connectivity index (χ2n) is 4.00. The summed E-state index contributed by atoms with van der Waals surface area (Å²) >= 11 is 0. The molecule has 0 heterocycles. The minimum atomic E-state index is -3.02. The molecule has 0 aliphatic heterocycles. The van der Waals surface area contributed by atoms with Crippen molar-refractivity contribution >= 4 is 12.7 Å². The van der Waals surface area contributed by atoms with Crippen molar-refractivity contribution in [1.29, 1.82) is 0 Å². The Balaban J connectivity index is 2.89. The van der Waals surface area contributed by atoms with Crippen molar-refractivity contribution in [2.24, 2.45) is 0 Å². The Hall–Kier alpha value is -0.890. The van der Waals surface area contributed by atoms with Crippen molar-refractivity contribution < 1.29 is 13.8 Å². The molecule has 4 heteroatoms. The number of rotatable bonds is 6. The monoisotopic (exact) mass is 254 g/mol. The maximum absolute atomic E-state index is 12.7. The van der Waals surface area contributed by atoms with Gasteiger partial charge in [-0.25, -0.2) is 0 Å². The summed E-state index contributed by atoms with van der Waals surface area (Å²) in [6, 6.07) is 9.10. The normalized spacial score (nSPS) is 14.6. The van der Waals surface area contributed by atoms with Gasteiger partial charge in [0.1, 0.15) is 0 Å². The summed E-state index contributed by atoms with van der Waals surface area (Å²) < 4.78 is 23.3. The van der Waals surface area contributed by atoms with E-state index in [0.717, 1.165) is 0 Å². The lowest BCUT2D eigenvalue weighted by Crippen LogP contribution is -2.12. The molecule has 0 spiro atoms. The van der Waals surface area contributed by atoms with Crippen LogP contribution in [0.5, 0.6) is 0 Å². The highest BCUT2D eigenvalue weighted by Gasteiger charge is 2.28. The van der Waals surface area contributed by atoms with E-state index < -0.39 is 7.37 Å². The summed E-state index contributed by atoms with van der Waals surface area (Å²) in [5.41, 5.74) is 0. The average molecular weight is 254 g/mol. The molecule has 1 atom stereocenters. The fraction of sp³-hybridized carbons (Fsp3) is 0.385. The molecule has 0 aliphatic carbocycles. The van der Waals surface area contributed by atoms with Crippen LogP contribution < -0.4 is 5.30 Å². The van der Waals surface area contributed by atoms with Crippen molar-refractivity contribution in [1.82, 2.24) is 0 Å². The molecule has 17 heavy (non-hydrogen) atoms. The predicted octanol–water partition coefficient (Wildman–Crippen LogP) is 3.18. The van der Waals surface area contributed by atoms with Crippen LogP contribution in [0.3, 0.4) is 0 Å². The highest BCUT2D eigenvalue weighted by Crippen LogP contribution is 2.52. The molecule has 0 saturated carbocycles. The second-order valence-corrected chi connectivity index (χ2v) is 6.61. The van der Waals surface area contributed by atoms with Gasteiger partial charge in [0.25, 0.3) is 7.37 Å². The van der Waals surface area contributed by atoms with E-state index in [4.69, 9.17) is 9.26 Å². The first kappa shape index (κ1) is 14.2. The number of hydrogen-bond donors (Lipinski definition) is 0. The van der Waals surface area contributed by atoms with E-state index in [1.165, 1.54) is 7.11 Å². The molecule has 0 saturated heterocycles. The maximum Gasteiger partial charge on any atom is 0.258 e. The number of benzene rings is 1. The van der Waals surface area contributed by atoms with Crippen LogP contribution in [0, 0.1) is 0 Å². The van der Waals surface area contributed by atoms with Crippen LogP contribution in [0.1, 0.15) is 13.8 Å². The Morgan fingerprint density at radius 1 is 1.35 bits per heavy atom. The van der Waals surface area contributed by atoms with Gasteiger partial charge in [-0.1, -0.05) is 24.8 Å². The summed E-state index contributed by atoms with van der Waals surface area (Å²) in [4.78, 5) is 0. The van der Waals surface area contributed by atoms with Crippen LogP contribution in [0.4, 0.5) is 0 Å². The standard InChI is InChI=1S/C13H19O3P/c1-11(2)16-10-12(3)17(14,15-4)13-8-6-5-7-9-13/h5-9,11H,3,10H2,1-2,4H3. The molecule has 3 nitrogen and oxygen atoms in total. The Morgan fingerprint density at radius 3 is 2.41 bits per heavy atom. The zero-order chi connectivity index (χ0) is 12.9. The lowest BCUT2D eigenvalue weighted by Gasteiger charge is -2.19. The Morgan fingerprint density at radius 2 is 1.94 bits per heavy atom. The first-order chi connectivity index (χ1) is 8.00. The Bertz CT molecular complexity index is 412. The van der Waals surface area contributed by atoms with Gasteiger partial charge in [-0.05, 0) is 26.0 Å². The third-order valence-corrected chi connectivity index (χ3v) is 4.81.